The monoisotopic (exact) mass is 231 g/mol. The summed E-state index contributed by atoms with van der Waals surface area (Å²) in [4.78, 5) is 5.36. The molecule has 1 heterocycles. The summed E-state index contributed by atoms with van der Waals surface area (Å²) in [5.74, 6) is 1.29. The summed E-state index contributed by atoms with van der Waals surface area (Å²) < 4.78 is 0. The minimum atomic E-state index is 0.322. The predicted octanol–water partition coefficient (Wildman–Crippen LogP) is 3.12. The molecule has 1 aromatic heterocycles. The average molecular weight is 231 g/mol. The number of phenolic OH excluding ortho intramolecular Hbond substituents is 1. The van der Waals surface area contributed by atoms with E-state index >= 15 is 0 Å². The van der Waals surface area contributed by atoms with Gasteiger partial charge in [0, 0.05) is 22.5 Å². The lowest BCUT2D eigenvalue weighted by Gasteiger charge is -2.01. The average Bonchev–Trinajstić information content (AvgIpc) is 2.30. The summed E-state index contributed by atoms with van der Waals surface area (Å²) >= 11 is 1.73. The molecule has 0 fully saturated rings. The number of aromatic hydroxyl groups is 1. The predicted molar refractivity (Wildman–Crippen MR) is 66.8 cm³/mol. The van der Waals surface area contributed by atoms with Crippen LogP contribution in [-0.2, 0) is 6.42 Å². The standard InChI is InChI=1S/C13H13NOS/c15-12-5-3-6-13(10-12)16-9-7-11-4-1-2-8-14-11/h1-6,8,10,15H,7,9H2. The van der Waals surface area contributed by atoms with E-state index in [0.717, 1.165) is 22.8 Å². The summed E-state index contributed by atoms with van der Waals surface area (Å²) in [5, 5.41) is 9.30. The lowest BCUT2D eigenvalue weighted by Crippen LogP contribution is -1.91. The molecule has 82 valence electrons. The minimum absolute atomic E-state index is 0.322. The molecule has 3 heteroatoms. The Morgan fingerprint density at radius 2 is 2.06 bits per heavy atom. The third-order valence-electron chi connectivity index (χ3n) is 2.17. The Morgan fingerprint density at radius 1 is 1.12 bits per heavy atom. The van der Waals surface area contributed by atoms with E-state index in [4.69, 9.17) is 0 Å². The van der Waals surface area contributed by atoms with Crippen LogP contribution in [0.1, 0.15) is 5.69 Å². The normalized spacial score (nSPS) is 10.2. The molecule has 2 aromatic rings. The van der Waals surface area contributed by atoms with Crippen molar-refractivity contribution in [2.24, 2.45) is 0 Å². The SMILES string of the molecule is Oc1cccc(SCCc2ccccn2)c1. The number of aromatic nitrogens is 1. The van der Waals surface area contributed by atoms with Gasteiger partial charge in [0.15, 0.2) is 0 Å². The van der Waals surface area contributed by atoms with Crippen molar-refractivity contribution in [1.82, 2.24) is 4.98 Å². The van der Waals surface area contributed by atoms with Gasteiger partial charge in [-0.25, -0.2) is 0 Å². The molecular formula is C13H13NOS. The summed E-state index contributed by atoms with van der Waals surface area (Å²) in [7, 11) is 0. The number of rotatable bonds is 4. The second-order valence-electron chi connectivity index (χ2n) is 3.42. The maximum atomic E-state index is 9.30. The first-order valence-electron chi connectivity index (χ1n) is 5.16. The van der Waals surface area contributed by atoms with E-state index in [2.05, 4.69) is 4.98 Å². The number of pyridine rings is 1. The fraction of sp³-hybridized carbons (Fsp3) is 0.154. The molecule has 0 bridgehead atoms. The highest BCUT2D eigenvalue weighted by molar-refractivity contribution is 7.99. The van der Waals surface area contributed by atoms with Crippen molar-refractivity contribution in [2.75, 3.05) is 5.75 Å². The molecule has 1 N–H and O–H groups in total. The molecule has 16 heavy (non-hydrogen) atoms. The van der Waals surface area contributed by atoms with E-state index in [1.165, 1.54) is 0 Å². The van der Waals surface area contributed by atoms with Crippen LogP contribution in [0, 0.1) is 0 Å². The van der Waals surface area contributed by atoms with Crippen molar-refractivity contribution in [3.8, 4) is 5.75 Å². The Hall–Kier alpha value is -1.48. The fourth-order valence-electron chi connectivity index (χ4n) is 1.39. The van der Waals surface area contributed by atoms with E-state index in [0.29, 0.717) is 5.75 Å². The molecule has 0 amide bonds. The zero-order valence-corrected chi connectivity index (χ0v) is 9.65. The lowest BCUT2D eigenvalue weighted by atomic mass is 10.3. The zero-order valence-electron chi connectivity index (χ0n) is 8.84. The topological polar surface area (TPSA) is 33.1 Å². The van der Waals surface area contributed by atoms with Crippen molar-refractivity contribution >= 4 is 11.8 Å². The number of phenols is 1. The third-order valence-corrected chi connectivity index (χ3v) is 3.17. The Morgan fingerprint density at radius 3 is 2.81 bits per heavy atom. The van der Waals surface area contributed by atoms with Crippen LogP contribution in [0.15, 0.2) is 53.6 Å². The maximum Gasteiger partial charge on any atom is 0.116 e. The van der Waals surface area contributed by atoms with Gasteiger partial charge in [-0.15, -0.1) is 11.8 Å². The van der Waals surface area contributed by atoms with Gasteiger partial charge in [0.25, 0.3) is 0 Å². The van der Waals surface area contributed by atoms with E-state index < -0.39 is 0 Å². The zero-order chi connectivity index (χ0) is 11.2. The number of nitrogens with zero attached hydrogens (tertiary/aromatic N) is 1. The van der Waals surface area contributed by atoms with E-state index in [-0.39, 0.29) is 0 Å². The number of aryl methyl sites for hydroxylation is 1. The molecule has 0 radical (unpaired) electrons. The van der Waals surface area contributed by atoms with Crippen LogP contribution in [0.25, 0.3) is 0 Å². The van der Waals surface area contributed by atoms with E-state index in [1.807, 2.05) is 36.5 Å². The highest BCUT2D eigenvalue weighted by Gasteiger charge is 1.97. The highest BCUT2D eigenvalue weighted by atomic mass is 32.2. The van der Waals surface area contributed by atoms with E-state index in [1.54, 1.807) is 23.9 Å². The summed E-state index contributed by atoms with van der Waals surface area (Å²) in [6.45, 7) is 0. The van der Waals surface area contributed by atoms with Gasteiger partial charge in [0.2, 0.25) is 0 Å². The molecule has 2 rings (SSSR count). The van der Waals surface area contributed by atoms with Crippen molar-refractivity contribution < 1.29 is 5.11 Å². The lowest BCUT2D eigenvalue weighted by molar-refractivity contribution is 0.474. The Balaban J connectivity index is 1.85. The smallest absolute Gasteiger partial charge is 0.116 e. The Labute approximate surface area is 99.4 Å². The molecule has 2 nitrogen and oxygen atoms in total. The van der Waals surface area contributed by atoms with Crippen molar-refractivity contribution in [2.45, 2.75) is 11.3 Å². The quantitative estimate of drug-likeness (QED) is 0.821. The van der Waals surface area contributed by atoms with Gasteiger partial charge in [0.05, 0.1) is 0 Å². The van der Waals surface area contributed by atoms with Crippen LogP contribution in [0.5, 0.6) is 5.75 Å². The fourth-order valence-corrected chi connectivity index (χ4v) is 2.32. The molecule has 1 aromatic carbocycles. The van der Waals surface area contributed by atoms with Crippen molar-refractivity contribution in [1.29, 1.82) is 0 Å². The third kappa shape index (κ3) is 3.28. The summed E-state index contributed by atoms with van der Waals surface area (Å²) in [6, 6.07) is 13.3. The number of benzene rings is 1. The van der Waals surface area contributed by atoms with E-state index in [9.17, 15) is 5.11 Å². The maximum absolute atomic E-state index is 9.30. The Bertz CT molecular complexity index is 445. The minimum Gasteiger partial charge on any atom is -0.508 e. The molecule has 0 aliphatic carbocycles. The summed E-state index contributed by atoms with van der Waals surface area (Å²) in [5.41, 5.74) is 1.11. The Kier molecular flexibility index (Phi) is 3.83. The molecule has 0 saturated carbocycles. The van der Waals surface area contributed by atoms with Gasteiger partial charge in [-0.05, 0) is 36.8 Å². The van der Waals surface area contributed by atoms with Crippen molar-refractivity contribution in [3.05, 3.63) is 54.4 Å². The van der Waals surface area contributed by atoms with Gasteiger partial charge in [-0.1, -0.05) is 12.1 Å². The summed E-state index contributed by atoms with van der Waals surface area (Å²) in [6.07, 6.45) is 2.76. The van der Waals surface area contributed by atoms with Crippen molar-refractivity contribution in [3.63, 3.8) is 0 Å². The van der Waals surface area contributed by atoms with Crippen LogP contribution >= 0.6 is 11.8 Å². The van der Waals surface area contributed by atoms with Crippen LogP contribution in [0.3, 0.4) is 0 Å². The molecule has 0 aliphatic heterocycles. The van der Waals surface area contributed by atoms with Crippen LogP contribution in [-0.4, -0.2) is 15.8 Å². The first kappa shape index (κ1) is 11.0. The first-order chi connectivity index (χ1) is 7.84. The van der Waals surface area contributed by atoms with Crippen LogP contribution in [0.4, 0.5) is 0 Å². The van der Waals surface area contributed by atoms with Crippen LogP contribution < -0.4 is 0 Å². The second-order valence-corrected chi connectivity index (χ2v) is 4.59. The van der Waals surface area contributed by atoms with Gasteiger partial charge >= 0.3 is 0 Å². The second kappa shape index (κ2) is 5.56. The number of thioether (sulfide) groups is 1. The van der Waals surface area contributed by atoms with Gasteiger partial charge in [-0.2, -0.15) is 0 Å². The molecular weight excluding hydrogens is 218 g/mol. The van der Waals surface area contributed by atoms with Gasteiger partial charge < -0.3 is 5.11 Å². The highest BCUT2D eigenvalue weighted by Crippen LogP contribution is 2.22. The molecule has 0 saturated heterocycles. The largest absolute Gasteiger partial charge is 0.508 e. The molecule has 0 unspecified atom stereocenters. The van der Waals surface area contributed by atoms with Crippen LogP contribution in [0.2, 0.25) is 0 Å². The number of hydrogen-bond donors (Lipinski definition) is 1. The molecule has 0 spiro atoms. The molecule has 0 atom stereocenters. The van der Waals surface area contributed by atoms with Gasteiger partial charge in [0.1, 0.15) is 5.75 Å². The first-order valence-corrected chi connectivity index (χ1v) is 6.15. The molecule has 0 aliphatic rings. The number of hydrogen-bond acceptors (Lipinski definition) is 3. The van der Waals surface area contributed by atoms with Gasteiger partial charge in [-0.3, -0.25) is 4.98 Å².